The minimum atomic E-state index is -0.416. The van der Waals surface area contributed by atoms with E-state index >= 15 is 0 Å². The van der Waals surface area contributed by atoms with Gasteiger partial charge in [0.25, 0.3) is 0 Å². The Morgan fingerprint density at radius 1 is 0.595 bits per heavy atom. The third-order valence-corrected chi connectivity index (χ3v) is 9.25. The van der Waals surface area contributed by atoms with E-state index in [0.29, 0.717) is 0 Å². The molecular weight excluding hydrogens is 462 g/mol. The molecule has 3 aromatic rings. The summed E-state index contributed by atoms with van der Waals surface area (Å²) in [5.74, 6) is 1.93. The van der Waals surface area contributed by atoms with Crippen molar-refractivity contribution in [3.8, 4) is 11.5 Å². The first-order valence-corrected chi connectivity index (χ1v) is 13.3. The van der Waals surface area contributed by atoms with Gasteiger partial charge in [-0.15, -0.1) is 0 Å². The second kappa shape index (κ2) is 7.86. The zero-order valence-corrected chi connectivity index (χ0v) is 23.4. The van der Waals surface area contributed by atoms with Gasteiger partial charge in [-0.05, 0) is 89.2 Å². The van der Waals surface area contributed by atoms with Gasteiger partial charge in [-0.3, -0.25) is 0 Å². The highest BCUT2D eigenvalue weighted by atomic mass is 16.7. The molecule has 3 aliphatic heterocycles. The van der Waals surface area contributed by atoms with Gasteiger partial charge in [0.05, 0.1) is 22.4 Å². The van der Waals surface area contributed by atoms with Gasteiger partial charge in [0.2, 0.25) is 0 Å². The smallest absolute Gasteiger partial charge is 0.457 e. The Morgan fingerprint density at radius 3 is 1.68 bits per heavy atom. The molecule has 37 heavy (non-hydrogen) atoms. The van der Waals surface area contributed by atoms with E-state index in [9.17, 15) is 0 Å². The van der Waals surface area contributed by atoms with Crippen LogP contribution >= 0.6 is 0 Å². The Balaban J connectivity index is 1.32. The summed E-state index contributed by atoms with van der Waals surface area (Å²) >= 11 is 0. The first-order valence-electron chi connectivity index (χ1n) is 13.3. The van der Waals surface area contributed by atoms with Gasteiger partial charge in [-0.2, -0.15) is 0 Å². The third kappa shape index (κ3) is 3.77. The van der Waals surface area contributed by atoms with Gasteiger partial charge in [0.1, 0.15) is 11.5 Å². The number of fused-ring (bicyclic) bond motifs is 4. The second-order valence-electron chi connectivity index (χ2n) is 12.8. The highest BCUT2D eigenvalue weighted by molar-refractivity contribution is 6.62. The molecule has 0 spiro atoms. The summed E-state index contributed by atoms with van der Waals surface area (Å²) in [4.78, 5) is 0. The first kappa shape index (κ1) is 25.0. The van der Waals surface area contributed by atoms with Crippen molar-refractivity contribution in [2.45, 2.75) is 90.6 Å². The Kier molecular flexibility index (Phi) is 5.31. The molecule has 0 saturated carbocycles. The summed E-state index contributed by atoms with van der Waals surface area (Å²) in [5, 5.41) is 2.34. The molecule has 2 saturated heterocycles. The van der Waals surface area contributed by atoms with E-state index in [1.807, 2.05) is 0 Å². The highest BCUT2D eigenvalue weighted by Crippen LogP contribution is 2.47. The molecule has 0 amide bonds. The normalized spacial score (nSPS) is 24.6. The third-order valence-electron chi connectivity index (χ3n) is 9.25. The lowest BCUT2D eigenvalue weighted by Crippen LogP contribution is -2.41. The van der Waals surface area contributed by atoms with Crippen LogP contribution in [0.2, 0.25) is 0 Å². The maximum atomic E-state index is 6.48. The molecule has 2 fully saturated rings. The fourth-order valence-corrected chi connectivity index (χ4v) is 5.41. The molecule has 5 nitrogen and oxygen atoms in total. The average Bonchev–Trinajstić information content (AvgIpc) is 3.17. The van der Waals surface area contributed by atoms with E-state index in [1.165, 1.54) is 10.9 Å². The zero-order valence-electron chi connectivity index (χ0n) is 23.4. The molecular formula is C30H36B2O5. The van der Waals surface area contributed by atoms with Crippen LogP contribution < -0.4 is 15.7 Å². The summed E-state index contributed by atoms with van der Waals surface area (Å²) in [6.45, 7) is 18.9. The summed E-state index contributed by atoms with van der Waals surface area (Å²) in [7, 11) is -0.797. The van der Waals surface area contributed by atoms with Crippen LogP contribution in [0.25, 0.3) is 10.8 Å². The van der Waals surface area contributed by atoms with Crippen molar-refractivity contribution in [1.29, 1.82) is 0 Å². The lowest BCUT2D eigenvalue weighted by atomic mass is 9.76. The molecule has 7 heteroatoms. The molecule has 3 aliphatic rings. The van der Waals surface area contributed by atoms with Crippen LogP contribution in [-0.2, 0) is 18.6 Å². The number of ether oxygens (including phenoxy) is 1. The Labute approximate surface area is 221 Å². The quantitative estimate of drug-likeness (QED) is 0.425. The van der Waals surface area contributed by atoms with Gasteiger partial charge in [-0.1, -0.05) is 43.3 Å². The largest absolute Gasteiger partial charge is 0.494 e. The second-order valence-corrected chi connectivity index (χ2v) is 12.8. The number of rotatable bonds is 2. The van der Waals surface area contributed by atoms with Gasteiger partial charge < -0.3 is 23.4 Å². The van der Waals surface area contributed by atoms with E-state index in [2.05, 4.69) is 111 Å². The van der Waals surface area contributed by atoms with Gasteiger partial charge >= 0.3 is 14.2 Å². The molecule has 0 aromatic heterocycles. The van der Waals surface area contributed by atoms with E-state index in [0.717, 1.165) is 33.4 Å². The van der Waals surface area contributed by atoms with Crippen LogP contribution in [0.1, 0.15) is 79.4 Å². The Bertz CT molecular complexity index is 1380. The van der Waals surface area contributed by atoms with Crippen molar-refractivity contribution in [3.05, 3.63) is 59.7 Å². The molecule has 3 aromatic carbocycles. The molecule has 0 aliphatic carbocycles. The van der Waals surface area contributed by atoms with E-state index in [-0.39, 0.29) is 35.4 Å². The molecule has 1 unspecified atom stereocenters. The van der Waals surface area contributed by atoms with Crippen LogP contribution in [0.3, 0.4) is 0 Å². The lowest BCUT2D eigenvalue weighted by molar-refractivity contribution is 0.00578. The van der Waals surface area contributed by atoms with Crippen molar-refractivity contribution in [2.75, 3.05) is 0 Å². The van der Waals surface area contributed by atoms with Crippen molar-refractivity contribution in [2.24, 2.45) is 0 Å². The highest BCUT2D eigenvalue weighted by Gasteiger charge is 2.53. The fraction of sp³-hybridized carbons (Fsp3) is 0.467. The number of hydrogen-bond acceptors (Lipinski definition) is 5. The predicted molar refractivity (Wildman–Crippen MR) is 149 cm³/mol. The average molecular weight is 498 g/mol. The Morgan fingerprint density at radius 2 is 1.11 bits per heavy atom. The lowest BCUT2D eigenvalue weighted by Gasteiger charge is -2.32. The molecule has 0 N–H and O–H groups in total. The summed E-state index contributed by atoms with van der Waals surface area (Å²) in [6, 6.07) is 17.0. The van der Waals surface area contributed by atoms with Crippen molar-refractivity contribution in [1.82, 2.24) is 0 Å². The van der Waals surface area contributed by atoms with Crippen LogP contribution in [-0.4, -0.2) is 36.6 Å². The topological polar surface area (TPSA) is 46.2 Å². The van der Waals surface area contributed by atoms with Gasteiger partial charge in [-0.25, -0.2) is 0 Å². The van der Waals surface area contributed by atoms with Crippen molar-refractivity contribution >= 4 is 35.9 Å². The molecule has 3 heterocycles. The van der Waals surface area contributed by atoms with Crippen LogP contribution in [0, 0.1) is 0 Å². The molecule has 0 radical (unpaired) electrons. The van der Waals surface area contributed by atoms with Crippen molar-refractivity contribution < 1.29 is 23.4 Å². The minimum absolute atomic E-state index is 0.178. The standard InChI is InChI=1S/C30H36B2O5/c1-18-22-13-11-21(32-36-29(6,7)30(8,9)37-32)17-25(22)33-24-15-10-19-16-20(12-14-23(19)26(18)24)31-34-27(2,3)28(4,5)35-31/h10-18H,1-9H3. The first-order chi connectivity index (χ1) is 17.2. The summed E-state index contributed by atoms with van der Waals surface area (Å²) < 4.78 is 31.6. The number of hydrogen-bond donors (Lipinski definition) is 0. The van der Waals surface area contributed by atoms with Gasteiger partial charge in [0.15, 0.2) is 0 Å². The minimum Gasteiger partial charge on any atom is -0.457 e. The van der Waals surface area contributed by atoms with Gasteiger partial charge in [0, 0.05) is 17.0 Å². The predicted octanol–water partition coefficient (Wildman–Crippen LogP) is 5.70. The van der Waals surface area contributed by atoms with Crippen molar-refractivity contribution in [3.63, 3.8) is 0 Å². The van der Waals surface area contributed by atoms with E-state index in [1.54, 1.807) is 0 Å². The Hall–Kier alpha value is -2.31. The molecule has 192 valence electrons. The summed E-state index contributed by atoms with van der Waals surface area (Å²) in [6.07, 6.45) is 0. The van der Waals surface area contributed by atoms with E-state index in [4.69, 9.17) is 23.4 Å². The SMILES string of the molecule is CC1c2ccc(B3OC(C)(C)C(C)(C)O3)cc2Oc2ccc3cc(B4OC(C)(C)C(C)(C)O4)ccc3c21. The molecule has 1 atom stereocenters. The molecule has 0 bridgehead atoms. The maximum Gasteiger partial charge on any atom is 0.494 e. The fourth-order valence-electron chi connectivity index (χ4n) is 5.41. The number of benzene rings is 3. The monoisotopic (exact) mass is 498 g/mol. The maximum absolute atomic E-state index is 6.48. The van der Waals surface area contributed by atoms with Crippen LogP contribution in [0.15, 0.2) is 48.5 Å². The molecule has 6 rings (SSSR count). The zero-order chi connectivity index (χ0) is 26.5. The summed E-state index contributed by atoms with van der Waals surface area (Å²) in [5.41, 5.74) is 2.87. The van der Waals surface area contributed by atoms with Crippen LogP contribution in [0.4, 0.5) is 0 Å². The van der Waals surface area contributed by atoms with E-state index < -0.39 is 7.12 Å². The van der Waals surface area contributed by atoms with Crippen LogP contribution in [0.5, 0.6) is 11.5 Å².